The minimum Gasteiger partial charge on any atom is -0.478 e. The van der Waals surface area contributed by atoms with Crippen molar-refractivity contribution in [3.63, 3.8) is 0 Å². The number of nitrogens with zero attached hydrogens (tertiary/aromatic N) is 1. The minimum atomic E-state index is -0.920. The van der Waals surface area contributed by atoms with E-state index in [-0.39, 0.29) is 5.56 Å². The standard InChI is InChI=1S/C15H22N2O2/c1-10(12-6-4-3-5-7-12)16-14-9-8-13(15(18)19)11(2)17-14/h8-10,12H,3-7H2,1-2H3,(H,16,17)(H,18,19). The third-order valence-corrected chi connectivity index (χ3v) is 4.05. The summed E-state index contributed by atoms with van der Waals surface area (Å²) in [6.45, 7) is 3.93. The molecule has 0 saturated heterocycles. The van der Waals surface area contributed by atoms with E-state index in [0.29, 0.717) is 17.7 Å². The molecule has 0 amide bonds. The molecule has 1 aromatic rings. The van der Waals surface area contributed by atoms with Crippen LogP contribution in [0.3, 0.4) is 0 Å². The third kappa shape index (κ3) is 3.46. The van der Waals surface area contributed by atoms with Crippen molar-refractivity contribution in [1.29, 1.82) is 0 Å². The number of hydrogen-bond donors (Lipinski definition) is 2. The van der Waals surface area contributed by atoms with Gasteiger partial charge < -0.3 is 10.4 Å². The van der Waals surface area contributed by atoms with E-state index >= 15 is 0 Å². The van der Waals surface area contributed by atoms with E-state index in [9.17, 15) is 4.79 Å². The highest BCUT2D eigenvalue weighted by Crippen LogP contribution is 2.27. The summed E-state index contributed by atoms with van der Waals surface area (Å²) in [7, 11) is 0. The Labute approximate surface area is 114 Å². The van der Waals surface area contributed by atoms with Crippen LogP contribution < -0.4 is 5.32 Å². The normalized spacial score (nSPS) is 18.0. The van der Waals surface area contributed by atoms with Gasteiger partial charge in [0.05, 0.1) is 11.3 Å². The maximum atomic E-state index is 10.9. The lowest BCUT2D eigenvalue weighted by Gasteiger charge is -2.28. The summed E-state index contributed by atoms with van der Waals surface area (Å²) >= 11 is 0. The molecule has 1 fully saturated rings. The number of carboxylic acids is 1. The van der Waals surface area contributed by atoms with Crippen LogP contribution in [0.1, 0.15) is 55.1 Å². The average molecular weight is 262 g/mol. The smallest absolute Gasteiger partial charge is 0.337 e. The van der Waals surface area contributed by atoms with Gasteiger partial charge in [-0.15, -0.1) is 0 Å². The zero-order valence-corrected chi connectivity index (χ0v) is 11.6. The lowest BCUT2D eigenvalue weighted by molar-refractivity contribution is 0.0695. The fraction of sp³-hybridized carbons (Fsp3) is 0.600. The van der Waals surface area contributed by atoms with Gasteiger partial charge in [0.15, 0.2) is 0 Å². The second kappa shape index (κ2) is 6.04. The molecule has 0 bridgehead atoms. The zero-order valence-electron chi connectivity index (χ0n) is 11.6. The summed E-state index contributed by atoms with van der Waals surface area (Å²) in [6.07, 6.45) is 6.55. The van der Waals surface area contributed by atoms with E-state index in [4.69, 9.17) is 5.11 Å². The van der Waals surface area contributed by atoms with Gasteiger partial charge in [-0.25, -0.2) is 9.78 Å². The van der Waals surface area contributed by atoms with Gasteiger partial charge in [-0.05, 0) is 44.7 Å². The van der Waals surface area contributed by atoms with E-state index in [2.05, 4.69) is 17.2 Å². The summed E-state index contributed by atoms with van der Waals surface area (Å²) in [6, 6.07) is 3.78. The lowest BCUT2D eigenvalue weighted by Crippen LogP contribution is -2.28. The van der Waals surface area contributed by atoms with Crippen molar-refractivity contribution in [3.8, 4) is 0 Å². The van der Waals surface area contributed by atoms with E-state index in [0.717, 1.165) is 5.82 Å². The SMILES string of the molecule is Cc1nc(NC(C)C2CCCCC2)ccc1C(=O)O. The molecule has 19 heavy (non-hydrogen) atoms. The summed E-state index contributed by atoms with van der Waals surface area (Å²) in [5.74, 6) is 0.562. The van der Waals surface area contributed by atoms with Gasteiger partial charge in [-0.3, -0.25) is 0 Å². The van der Waals surface area contributed by atoms with Crippen LogP contribution in [0.4, 0.5) is 5.82 Å². The molecule has 1 aliphatic carbocycles. The van der Waals surface area contributed by atoms with Crippen molar-refractivity contribution in [2.75, 3.05) is 5.32 Å². The molecule has 0 spiro atoms. The molecule has 0 aliphatic heterocycles. The lowest BCUT2D eigenvalue weighted by atomic mass is 9.84. The largest absolute Gasteiger partial charge is 0.478 e. The molecular formula is C15H22N2O2. The molecule has 2 N–H and O–H groups in total. The highest BCUT2D eigenvalue weighted by molar-refractivity contribution is 5.89. The molecule has 1 unspecified atom stereocenters. The van der Waals surface area contributed by atoms with Crippen LogP contribution in [0, 0.1) is 12.8 Å². The number of aromatic nitrogens is 1. The van der Waals surface area contributed by atoms with E-state index < -0.39 is 5.97 Å². The maximum Gasteiger partial charge on any atom is 0.337 e. The molecule has 1 aromatic heterocycles. The van der Waals surface area contributed by atoms with Gasteiger partial charge in [0.1, 0.15) is 5.82 Å². The predicted molar refractivity (Wildman–Crippen MR) is 75.6 cm³/mol. The van der Waals surface area contributed by atoms with Gasteiger partial charge in [0.25, 0.3) is 0 Å². The van der Waals surface area contributed by atoms with E-state index in [1.54, 1.807) is 19.1 Å². The highest BCUT2D eigenvalue weighted by Gasteiger charge is 2.20. The van der Waals surface area contributed by atoms with Crippen molar-refractivity contribution in [2.45, 2.75) is 52.0 Å². The Morgan fingerprint density at radius 2 is 2.05 bits per heavy atom. The zero-order chi connectivity index (χ0) is 13.8. The van der Waals surface area contributed by atoms with Crippen LogP contribution in [0.15, 0.2) is 12.1 Å². The van der Waals surface area contributed by atoms with Crippen LogP contribution in [-0.4, -0.2) is 22.1 Å². The van der Waals surface area contributed by atoms with E-state index in [1.165, 1.54) is 32.1 Å². The Morgan fingerprint density at radius 3 is 2.63 bits per heavy atom. The second-order valence-corrected chi connectivity index (χ2v) is 5.47. The van der Waals surface area contributed by atoms with Gasteiger partial charge in [-0.1, -0.05) is 19.3 Å². The average Bonchev–Trinajstić information content (AvgIpc) is 2.39. The number of carbonyl (C=O) groups is 1. The Kier molecular flexibility index (Phi) is 4.40. The number of aryl methyl sites for hydroxylation is 1. The second-order valence-electron chi connectivity index (χ2n) is 5.47. The first-order valence-corrected chi connectivity index (χ1v) is 7.05. The van der Waals surface area contributed by atoms with Crippen molar-refractivity contribution in [1.82, 2.24) is 4.98 Å². The number of rotatable bonds is 4. The Bertz CT molecular complexity index is 453. The number of pyridine rings is 1. The number of aromatic carboxylic acids is 1. The number of hydrogen-bond acceptors (Lipinski definition) is 3. The predicted octanol–water partition coefficient (Wildman–Crippen LogP) is 3.47. The molecule has 0 radical (unpaired) electrons. The molecular weight excluding hydrogens is 240 g/mol. The Balaban J connectivity index is 2.02. The molecule has 1 saturated carbocycles. The number of nitrogens with one attached hydrogen (secondary N) is 1. The number of anilines is 1. The highest BCUT2D eigenvalue weighted by atomic mass is 16.4. The molecule has 1 atom stereocenters. The molecule has 1 heterocycles. The van der Waals surface area contributed by atoms with E-state index in [1.807, 2.05) is 0 Å². The first-order chi connectivity index (χ1) is 9.08. The van der Waals surface area contributed by atoms with Crippen molar-refractivity contribution < 1.29 is 9.90 Å². The van der Waals surface area contributed by atoms with Gasteiger partial charge in [0, 0.05) is 6.04 Å². The first-order valence-electron chi connectivity index (χ1n) is 7.05. The van der Waals surface area contributed by atoms with Gasteiger partial charge in [0.2, 0.25) is 0 Å². The molecule has 0 aromatic carbocycles. The molecule has 104 valence electrons. The minimum absolute atomic E-state index is 0.274. The monoisotopic (exact) mass is 262 g/mol. The topological polar surface area (TPSA) is 62.2 Å². The molecule has 2 rings (SSSR count). The summed E-state index contributed by atoms with van der Waals surface area (Å²) < 4.78 is 0. The fourth-order valence-corrected chi connectivity index (χ4v) is 2.85. The molecule has 1 aliphatic rings. The fourth-order valence-electron chi connectivity index (χ4n) is 2.85. The van der Waals surface area contributed by atoms with Crippen molar-refractivity contribution in [2.24, 2.45) is 5.92 Å². The Morgan fingerprint density at radius 1 is 1.37 bits per heavy atom. The summed E-state index contributed by atoms with van der Waals surface area (Å²) in [5.41, 5.74) is 0.837. The molecule has 4 nitrogen and oxygen atoms in total. The van der Waals surface area contributed by atoms with Crippen LogP contribution in [0.5, 0.6) is 0 Å². The van der Waals surface area contributed by atoms with Crippen LogP contribution in [0.2, 0.25) is 0 Å². The van der Waals surface area contributed by atoms with Crippen LogP contribution in [0.25, 0.3) is 0 Å². The quantitative estimate of drug-likeness (QED) is 0.872. The van der Waals surface area contributed by atoms with Crippen LogP contribution in [-0.2, 0) is 0 Å². The Hall–Kier alpha value is -1.58. The van der Waals surface area contributed by atoms with Crippen molar-refractivity contribution in [3.05, 3.63) is 23.4 Å². The van der Waals surface area contributed by atoms with Crippen LogP contribution >= 0.6 is 0 Å². The summed E-state index contributed by atoms with van der Waals surface area (Å²) in [4.78, 5) is 15.3. The number of carboxylic acid groups (broad SMARTS) is 1. The third-order valence-electron chi connectivity index (χ3n) is 4.05. The first kappa shape index (κ1) is 13.8. The van der Waals surface area contributed by atoms with Gasteiger partial charge >= 0.3 is 5.97 Å². The molecule has 4 heteroatoms. The van der Waals surface area contributed by atoms with Gasteiger partial charge in [-0.2, -0.15) is 0 Å². The van der Waals surface area contributed by atoms with Crippen molar-refractivity contribution >= 4 is 11.8 Å². The summed E-state index contributed by atoms with van der Waals surface area (Å²) in [5, 5.41) is 12.4. The maximum absolute atomic E-state index is 10.9.